The van der Waals surface area contributed by atoms with E-state index in [9.17, 15) is 4.79 Å². The van der Waals surface area contributed by atoms with E-state index in [2.05, 4.69) is 17.0 Å². The largest absolute Gasteiger partial charge is 0.495 e. The molecule has 0 fully saturated rings. The number of fused-ring (bicyclic) bond motifs is 2. The summed E-state index contributed by atoms with van der Waals surface area (Å²) in [6, 6.07) is 13.8. The molecule has 0 radical (unpaired) electrons. The van der Waals surface area contributed by atoms with Gasteiger partial charge in [-0.1, -0.05) is 24.3 Å². The number of hydrogen-bond acceptors (Lipinski definition) is 4. The van der Waals surface area contributed by atoms with E-state index >= 15 is 0 Å². The summed E-state index contributed by atoms with van der Waals surface area (Å²) in [5.74, 6) is 0.654. The number of anilines is 1. The van der Waals surface area contributed by atoms with E-state index < -0.39 is 0 Å². The maximum Gasteiger partial charge on any atom is 0.419 e. The van der Waals surface area contributed by atoms with Crippen LogP contribution < -0.4 is 15.4 Å². The van der Waals surface area contributed by atoms with Crippen molar-refractivity contribution in [1.82, 2.24) is 4.57 Å². The number of aryl methyl sites for hydroxylation is 2. The number of ether oxygens (including phenoxy) is 1. The Morgan fingerprint density at radius 1 is 1.12 bits per heavy atom. The van der Waals surface area contributed by atoms with E-state index in [-0.39, 0.29) is 5.76 Å². The molecule has 5 heteroatoms. The Labute approximate surface area is 146 Å². The number of aromatic nitrogens is 1. The second-order valence-corrected chi connectivity index (χ2v) is 6.40. The Hall–Kier alpha value is -2.69. The molecule has 5 nitrogen and oxygen atoms in total. The van der Waals surface area contributed by atoms with Gasteiger partial charge < -0.3 is 14.1 Å². The van der Waals surface area contributed by atoms with Gasteiger partial charge >= 0.3 is 5.76 Å². The quantitative estimate of drug-likeness (QED) is 0.715. The van der Waals surface area contributed by atoms with E-state index in [0.29, 0.717) is 12.1 Å². The molecular formula is C20H22N2O3. The number of rotatable bonds is 5. The number of benzene rings is 2. The van der Waals surface area contributed by atoms with Gasteiger partial charge in [0.2, 0.25) is 0 Å². The third-order valence-corrected chi connectivity index (χ3v) is 4.88. The van der Waals surface area contributed by atoms with Crippen molar-refractivity contribution < 1.29 is 9.15 Å². The Balaban J connectivity index is 1.52. The zero-order chi connectivity index (χ0) is 17.2. The lowest BCUT2D eigenvalue weighted by Gasteiger charge is -2.32. The van der Waals surface area contributed by atoms with Crippen LogP contribution in [0.2, 0.25) is 0 Å². The summed E-state index contributed by atoms with van der Waals surface area (Å²) in [7, 11) is 1.72. The molecular weight excluding hydrogens is 316 g/mol. The molecule has 25 heavy (non-hydrogen) atoms. The molecule has 0 unspecified atom stereocenters. The van der Waals surface area contributed by atoms with Crippen LogP contribution in [0.15, 0.2) is 51.7 Å². The molecule has 0 saturated heterocycles. The molecule has 130 valence electrons. The average Bonchev–Trinajstić information content (AvgIpc) is 2.97. The highest BCUT2D eigenvalue weighted by Crippen LogP contribution is 2.36. The molecule has 1 aromatic heterocycles. The number of nitrogens with zero attached hydrogens (tertiary/aromatic N) is 2. The third kappa shape index (κ3) is 2.90. The van der Waals surface area contributed by atoms with Crippen LogP contribution in [-0.2, 0) is 13.0 Å². The van der Waals surface area contributed by atoms with Crippen LogP contribution in [0, 0.1) is 0 Å². The standard InChI is InChI=1S/C20H22N2O3/c1-24-18-11-4-7-15-8-5-12-21(19(15)18)13-6-14-22-16-9-2-3-10-17(16)25-20(22)23/h2-4,7,9-11H,5-6,8,12-14H2,1H3. The lowest BCUT2D eigenvalue weighted by atomic mass is 10.0. The topological polar surface area (TPSA) is 47.6 Å². The van der Waals surface area contributed by atoms with Gasteiger partial charge in [0.05, 0.1) is 18.3 Å². The Morgan fingerprint density at radius 3 is 2.88 bits per heavy atom. The van der Waals surface area contributed by atoms with Gasteiger partial charge in [-0.05, 0) is 43.0 Å². The minimum Gasteiger partial charge on any atom is -0.495 e. The van der Waals surface area contributed by atoms with Crippen LogP contribution in [0.3, 0.4) is 0 Å². The second kappa shape index (κ2) is 6.67. The summed E-state index contributed by atoms with van der Waals surface area (Å²) in [4.78, 5) is 14.5. The molecule has 0 N–H and O–H groups in total. The van der Waals surface area contributed by atoms with Crippen LogP contribution >= 0.6 is 0 Å². The minimum absolute atomic E-state index is 0.280. The van der Waals surface area contributed by atoms with E-state index in [1.807, 2.05) is 30.3 Å². The van der Waals surface area contributed by atoms with E-state index in [0.717, 1.165) is 43.6 Å². The lowest BCUT2D eigenvalue weighted by molar-refractivity contribution is 0.411. The zero-order valence-corrected chi connectivity index (χ0v) is 14.4. The fourth-order valence-electron chi connectivity index (χ4n) is 3.73. The predicted octanol–water partition coefficient (Wildman–Crippen LogP) is 3.45. The van der Waals surface area contributed by atoms with E-state index in [1.165, 1.54) is 11.3 Å². The van der Waals surface area contributed by atoms with E-state index in [1.54, 1.807) is 11.7 Å². The molecule has 0 spiro atoms. The van der Waals surface area contributed by atoms with Gasteiger partial charge in [-0.2, -0.15) is 0 Å². The van der Waals surface area contributed by atoms with Crippen LogP contribution in [0.5, 0.6) is 5.75 Å². The highest BCUT2D eigenvalue weighted by Gasteiger charge is 2.20. The summed E-state index contributed by atoms with van der Waals surface area (Å²) < 4.78 is 12.6. The molecule has 1 aliphatic heterocycles. The van der Waals surface area contributed by atoms with Crippen molar-refractivity contribution in [1.29, 1.82) is 0 Å². The van der Waals surface area contributed by atoms with Crippen molar-refractivity contribution in [2.45, 2.75) is 25.8 Å². The summed E-state index contributed by atoms with van der Waals surface area (Å²) in [6.07, 6.45) is 3.12. The van der Waals surface area contributed by atoms with Crippen LogP contribution in [0.1, 0.15) is 18.4 Å². The normalized spacial score (nSPS) is 13.9. The average molecular weight is 338 g/mol. The number of hydrogen-bond donors (Lipinski definition) is 0. The molecule has 0 aliphatic carbocycles. The van der Waals surface area contributed by atoms with Crippen LogP contribution in [0.4, 0.5) is 5.69 Å². The zero-order valence-electron chi connectivity index (χ0n) is 14.4. The Bertz CT molecular complexity index is 927. The third-order valence-electron chi connectivity index (χ3n) is 4.88. The van der Waals surface area contributed by atoms with Gasteiger partial charge in [0.1, 0.15) is 5.75 Å². The van der Waals surface area contributed by atoms with Gasteiger partial charge in [0, 0.05) is 19.6 Å². The molecule has 2 heterocycles. The van der Waals surface area contributed by atoms with Gasteiger partial charge in [-0.25, -0.2) is 4.79 Å². The maximum atomic E-state index is 12.1. The molecule has 0 saturated carbocycles. The summed E-state index contributed by atoms with van der Waals surface area (Å²) in [5, 5.41) is 0. The second-order valence-electron chi connectivity index (χ2n) is 6.40. The SMILES string of the molecule is COc1cccc2c1N(CCCn1c(=O)oc3ccccc31)CCC2. The van der Waals surface area contributed by atoms with Crippen molar-refractivity contribution in [3.05, 3.63) is 58.6 Å². The summed E-state index contributed by atoms with van der Waals surface area (Å²) >= 11 is 0. The maximum absolute atomic E-state index is 12.1. The van der Waals surface area contributed by atoms with Crippen molar-refractivity contribution >= 4 is 16.8 Å². The van der Waals surface area contributed by atoms with Gasteiger partial charge in [0.15, 0.2) is 5.58 Å². The van der Waals surface area contributed by atoms with E-state index in [4.69, 9.17) is 9.15 Å². The number of para-hydroxylation sites is 3. The monoisotopic (exact) mass is 338 g/mol. The van der Waals surface area contributed by atoms with Crippen molar-refractivity contribution in [2.24, 2.45) is 0 Å². The fraction of sp³-hybridized carbons (Fsp3) is 0.350. The van der Waals surface area contributed by atoms with Gasteiger partial charge in [0.25, 0.3) is 0 Å². The molecule has 2 aromatic carbocycles. The highest BCUT2D eigenvalue weighted by molar-refractivity contribution is 5.72. The van der Waals surface area contributed by atoms with Gasteiger partial charge in [-0.3, -0.25) is 4.57 Å². The Morgan fingerprint density at radius 2 is 2.00 bits per heavy atom. The molecule has 1 aliphatic rings. The first-order chi connectivity index (χ1) is 12.3. The first-order valence-corrected chi connectivity index (χ1v) is 8.77. The van der Waals surface area contributed by atoms with Crippen molar-refractivity contribution in [3.63, 3.8) is 0 Å². The first kappa shape index (κ1) is 15.8. The lowest BCUT2D eigenvalue weighted by Crippen LogP contribution is -2.31. The molecule has 0 amide bonds. The minimum atomic E-state index is -0.280. The molecule has 0 bridgehead atoms. The number of oxazole rings is 1. The molecule has 0 atom stereocenters. The van der Waals surface area contributed by atoms with Gasteiger partial charge in [-0.15, -0.1) is 0 Å². The predicted molar refractivity (Wildman–Crippen MR) is 98.6 cm³/mol. The molecule has 4 rings (SSSR count). The van der Waals surface area contributed by atoms with Crippen molar-refractivity contribution in [2.75, 3.05) is 25.1 Å². The summed E-state index contributed by atoms with van der Waals surface area (Å²) in [5.41, 5.74) is 4.07. The first-order valence-electron chi connectivity index (χ1n) is 8.77. The highest BCUT2D eigenvalue weighted by atomic mass is 16.5. The van der Waals surface area contributed by atoms with Crippen LogP contribution in [0.25, 0.3) is 11.1 Å². The molecule has 3 aromatic rings. The Kier molecular flexibility index (Phi) is 4.22. The summed E-state index contributed by atoms with van der Waals surface area (Å²) in [6.45, 7) is 2.56. The smallest absolute Gasteiger partial charge is 0.419 e. The van der Waals surface area contributed by atoms with Crippen LogP contribution in [-0.4, -0.2) is 24.8 Å². The van der Waals surface area contributed by atoms with Crippen molar-refractivity contribution in [3.8, 4) is 5.75 Å². The fourth-order valence-corrected chi connectivity index (χ4v) is 3.73. The number of methoxy groups -OCH3 is 1.